The van der Waals surface area contributed by atoms with E-state index >= 15 is 0 Å². The molecule has 0 aliphatic rings. The van der Waals surface area contributed by atoms with E-state index in [0.717, 1.165) is 22.1 Å². The highest BCUT2D eigenvalue weighted by Crippen LogP contribution is 2.28. The van der Waals surface area contributed by atoms with E-state index in [1.807, 2.05) is 49.4 Å². The molecule has 1 atom stereocenters. The van der Waals surface area contributed by atoms with E-state index in [1.54, 1.807) is 25.6 Å². The molecule has 3 aromatic rings. The molecule has 0 aliphatic heterocycles. The summed E-state index contributed by atoms with van der Waals surface area (Å²) in [6, 6.07) is 15.1. The summed E-state index contributed by atoms with van der Waals surface area (Å²) in [7, 11) is 1.63. The number of ether oxygens (including phenoxy) is 1. The van der Waals surface area contributed by atoms with Gasteiger partial charge in [-0.2, -0.15) is 0 Å². The van der Waals surface area contributed by atoms with E-state index in [9.17, 15) is 4.79 Å². The Morgan fingerprint density at radius 2 is 1.74 bits per heavy atom. The Kier molecular flexibility index (Phi) is 4.24. The molecule has 1 unspecified atom stereocenters. The Bertz CT molecular complexity index is 831. The maximum atomic E-state index is 12.7. The molecule has 1 aromatic heterocycles. The van der Waals surface area contributed by atoms with E-state index in [4.69, 9.17) is 4.74 Å². The molecule has 0 aliphatic carbocycles. The monoisotopic (exact) mass is 306 g/mol. The minimum atomic E-state index is -0.104. The lowest BCUT2D eigenvalue weighted by Crippen LogP contribution is -2.26. The Hall–Kier alpha value is -2.88. The van der Waals surface area contributed by atoms with Crippen LogP contribution in [0.15, 0.2) is 60.9 Å². The van der Waals surface area contributed by atoms with Gasteiger partial charge in [-0.25, -0.2) is 0 Å². The van der Waals surface area contributed by atoms with E-state index in [2.05, 4.69) is 10.3 Å². The number of pyridine rings is 1. The van der Waals surface area contributed by atoms with Crippen molar-refractivity contribution < 1.29 is 9.53 Å². The van der Waals surface area contributed by atoms with Crippen LogP contribution in [0, 0.1) is 0 Å². The van der Waals surface area contributed by atoms with Crippen molar-refractivity contribution in [2.24, 2.45) is 0 Å². The highest BCUT2D eigenvalue weighted by Gasteiger charge is 2.15. The van der Waals surface area contributed by atoms with Gasteiger partial charge in [-0.15, -0.1) is 0 Å². The van der Waals surface area contributed by atoms with Crippen molar-refractivity contribution in [3.8, 4) is 5.75 Å². The van der Waals surface area contributed by atoms with Crippen molar-refractivity contribution in [3.63, 3.8) is 0 Å². The quantitative estimate of drug-likeness (QED) is 0.799. The molecule has 4 heteroatoms. The van der Waals surface area contributed by atoms with Gasteiger partial charge in [0.1, 0.15) is 5.75 Å². The fraction of sp³-hybridized carbons (Fsp3) is 0.158. The highest BCUT2D eigenvalue weighted by molar-refractivity contribution is 6.08. The normalized spacial score (nSPS) is 11.9. The summed E-state index contributed by atoms with van der Waals surface area (Å²) in [5, 5.41) is 4.85. The van der Waals surface area contributed by atoms with Gasteiger partial charge in [0.25, 0.3) is 5.91 Å². The van der Waals surface area contributed by atoms with E-state index in [1.165, 1.54) is 0 Å². The summed E-state index contributed by atoms with van der Waals surface area (Å²) in [6.45, 7) is 1.96. The topological polar surface area (TPSA) is 51.2 Å². The average molecular weight is 306 g/mol. The van der Waals surface area contributed by atoms with Crippen LogP contribution in [0.4, 0.5) is 0 Å². The van der Waals surface area contributed by atoms with Gasteiger partial charge < -0.3 is 10.1 Å². The molecule has 3 rings (SSSR count). The second-order valence-corrected chi connectivity index (χ2v) is 5.34. The first-order valence-corrected chi connectivity index (χ1v) is 7.47. The fourth-order valence-corrected chi connectivity index (χ4v) is 2.66. The molecule has 0 radical (unpaired) electrons. The summed E-state index contributed by atoms with van der Waals surface area (Å²) >= 11 is 0. The Morgan fingerprint density at radius 1 is 1.04 bits per heavy atom. The molecule has 1 N–H and O–H groups in total. The van der Waals surface area contributed by atoms with Crippen LogP contribution in [0.2, 0.25) is 0 Å². The first kappa shape index (κ1) is 15.0. The Balaban J connectivity index is 1.93. The van der Waals surface area contributed by atoms with Gasteiger partial charge in [0, 0.05) is 23.3 Å². The van der Waals surface area contributed by atoms with Gasteiger partial charge >= 0.3 is 0 Å². The lowest BCUT2D eigenvalue weighted by atomic mass is 10.0. The number of methoxy groups -OCH3 is 1. The SMILES string of the molecule is COc1ccc(C(=O)NC(C)c2ccncc2)c2ccccc12. The Labute approximate surface area is 135 Å². The number of nitrogens with zero attached hydrogens (tertiary/aromatic N) is 1. The zero-order valence-electron chi connectivity index (χ0n) is 13.1. The summed E-state index contributed by atoms with van der Waals surface area (Å²) in [5.41, 5.74) is 1.66. The second kappa shape index (κ2) is 6.48. The predicted octanol–water partition coefficient (Wildman–Crippen LogP) is 3.73. The van der Waals surface area contributed by atoms with Crippen LogP contribution in [0.5, 0.6) is 5.75 Å². The molecule has 0 spiro atoms. The molecule has 1 heterocycles. The molecule has 0 saturated heterocycles. The van der Waals surface area contributed by atoms with Crippen LogP contribution in [0.1, 0.15) is 28.9 Å². The minimum Gasteiger partial charge on any atom is -0.496 e. The van der Waals surface area contributed by atoms with Crippen molar-refractivity contribution in [2.45, 2.75) is 13.0 Å². The van der Waals surface area contributed by atoms with Gasteiger partial charge in [0.15, 0.2) is 0 Å². The molecule has 116 valence electrons. The van der Waals surface area contributed by atoms with Crippen LogP contribution >= 0.6 is 0 Å². The number of aromatic nitrogens is 1. The number of amides is 1. The van der Waals surface area contributed by atoms with Crippen LogP contribution in [-0.4, -0.2) is 18.0 Å². The van der Waals surface area contributed by atoms with Crippen LogP contribution in [0.3, 0.4) is 0 Å². The summed E-state index contributed by atoms with van der Waals surface area (Å²) in [5.74, 6) is 0.660. The molecular weight excluding hydrogens is 288 g/mol. The van der Waals surface area contributed by atoms with Gasteiger partial charge in [-0.05, 0) is 42.1 Å². The molecule has 0 fully saturated rings. The summed E-state index contributed by atoms with van der Waals surface area (Å²) in [4.78, 5) is 16.7. The maximum absolute atomic E-state index is 12.7. The van der Waals surface area contributed by atoms with E-state index < -0.39 is 0 Å². The number of nitrogens with one attached hydrogen (secondary N) is 1. The number of hydrogen-bond donors (Lipinski definition) is 1. The first-order chi connectivity index (χ1) is 11.2. The maximum Gasteiger partial charge on any atom is 0.252 e. The van der Waals surface area contributed by atoms with Crippen molar-refractivity contribution in [1.82, 2.24) is 10.3 Å². The molecule has 2 aromatic carbocycles. The second-order valence-electron chi connectivity index (χ2n) is 5.34. The zero-order valence-corrected chi connectivity index (χ0v) is 13.1. The van der Waals surface area contributed by atoms with Crippen molar-refractivity contribution in [3.05, 3.63) is 72.1 Å². The largest absolute Gasteiger partial charge is 0.496 e. The van der Waals surface area contributed by atoms with Crippen molar-refractivity contribution in [1.29, 1.82) is 0 Å². The van der Waals surface area contributed by atoms with E-state index in [0.29, 0.717) is 5.56 Å². The number of carbonyl (C=O) groups is 1. The summed E-state index contributed by atoms with van der Waals surface area (Å²) in [6.07, 6.45) is 3.45. The van der Waals surface area contributed by atoms with E-state index in [-0.39, 0.29) is 11.9 Å². The number of benzene rings is 2. The summed E-state index contributed by atoms with van der Waals surface area (Å²) < 4.78 is 5.37. The fourth-order valence-electron chi connectivity index (χ4n) is 2.66. The van der Waals surface area contributed by atoms with Crippen molar-refractivity contribution in [2.75, 3.05) is 7.11 Å². The number of rotatable bonds is 4. The predicted molar refractivity (Wildman–Crippen MR) is 90.6 cm³/mol. The lowest BCUT2D eigenvalue weighted by Gasteiger charge is -2.16. The number of fused-ring (bicyclic) bond motifs is 1. The number of carbonyl (C=O) groups excluding carboxylic acids is 1. The molecule has 1 amide bonds. The molecular formula is C19H18N2O2. The smallest absolute Gasteiger partial charge is 0.252 e. The van der Waals surface area contributed by atoms with Gasteiger partial charge in [0.2, 0.25) is 0 Å². The van der Waals surface area contributed by atoms with Gasteiger partial charge in [-0.1, -0.05) is 24.3 Å². The third-order valence-corrected chi connectivity index (χ3v) is 3.90. The first-order valence-electron chi connectivity index (χ1n) is 7.47. The molecule has 4 nitrogen and oxygen atoms in total. The Morgan fingerprint density at radius 3 is 2.43 bits per heavy atom. The lowest BCUT2D eigenvalue weighted by molar-refractivity contribution is 0.0941. The zero-order chi connectivity index (χ0) is 16.2. The standard InChI is InChI=1S/C19H18N2O2/c1-13(14-9-11-20-12-10-14)21-19(22)17-7-8-18(23-2)16-6-4-3-5-15(16)17/h3-13H,1-2H3,(H,21,22). The van der Waals surface area contributed by atoms with Crippen LogP contribution < -0.4 is 10.1 Å². The molecule has 0 saturated carbocycles. The highest BCUT2D eigenvalue weighted by atomic mass is 16.5. The van der Waals surface area contributed by atoms with Gasteiger partial charge in [-0.3, -0.25) is 9.78 Å². The average Bonchev–Trinajstić information content (AvgIpc) is 2.61. The third-order valence-electron chi connectivity index (χ3n) is 3.90. The van der Waals surface area contributed by atoms with Crippen LogP contribution in [0.25, 0.3) is 10.8 Å². The van der Waals surface area contributed by atoms with Gasteiger partial charge in [0.05, 0.1) is 13.2 Å². The van der Waals surface area contributed by atoms with Crippen molar-refractivity contribution >= 4 is 16.7 Å². The molecule has 0 bridgehead atoms. The minimum absolute atomic E-state index is 0.0913. The van der Waals surface area contributed by atoms with Crippen LogP contribution in [-0.2, 0) is 0 Å². The number of hydrogen-bond acceptors (Lipinski definition) is 3. The molecule has 23 heavy (non-hydrogen) atoms. The third kappa shape index (κ3) is 3.01.